The van der Waals surface area contributed by atoms with Crippen LogP contribution >= 0.6 is 0 Å². The molecule has 2 aromatic rings. The Bertz CT molecular complexity index is 786. The van der Waals surface area contributed by atoms with Gasteiger partial charge in [0.2, 0.25) is 5.91 Å². The van der Waals surface area contributed by atoms with E-state index in [1.165, 1.54) is 5.56 Å². The molecule has 6 heteroatoms. The quantitative estimate of drug-likeness (QED) is 0.752. The van der Waals surface area contributed by atoms with Crippen LogP contribution in [0.3, 0.4) is 0 Å². The summed E-state index contributed by atoms with van der Waals surface area (Å²) in [6.07, 6.45) is 5.06. The topological polar surface area (TPSA) is 74.7 Å². The predicted molar refractivity (Wildman–Crippen MR) is 110 cm³/mol. The second-order valence-electron chi connectivity index (χ2n) is 8.19. The minimum Gasteiger partial charge on any atom is -0.493 e. The van der Waals surface area contributed by atoms with E-state index in [0.29, 0.717) is 24.9 Å². The summed E-state index contributed by atoms with van der Waals surface area (Å²) in [5.41, 5.74) is 1.27. The highest BCUT2D eigenvalue weighted by Gasteiger charge is 2.41. The third-order valence-corrected chi connectivity index (χ3v) is 6.06. The average Bonchev–Trinajstić information content (AvgIpc) is 3.10. The van der Waals surface area contributed by atoms with Crippen molar-refractivity contribution in [3.8, 4) is 5.75 Å². The van der Waals surface area contributed by atoms with Crippen molar-refractivity contribution in [1.29, 1.82) is 0 Å². The number of para-hydroxylation sites is 1. The van der Waals surface area contributed by atoms with E-state index < -0.39 is 6.10 Å². The van der Waals surface area contributed by atoms with Crippen molar-refractivity contribution in [2.75, 3.05) is 19.7 Å². The number of ether oxygens (including phenoxy) is 1. The van der Waals surface area contributed by atoms with Crippen LogP contribution in [0.5, 0.6) is 5.75 Å². The highest BCUT2D eigenvalue weighted by Crippen LogP contribution is 2.37. The number of hydrogen-bond acceptors (Lipinski definition) is 5. The summed E-state index contributed by atoms with van der Waals surface area (Å²) in [5, 5.41) is 13.6. The van der Waals surface area contributed by atoms with Crippen LogP contribution in [-0.4, -0.2) is 52.7 Å². The van der Waals surface area contributed by atoms with Gasteiger partial charge in [0.15, 0.2) is 0 Å². The standard InChI is InChI=1S/C23H29N3O3/c27-22-13-19-16-26(14-17-6-9-24-10-7-17)15-18(19)12-21(22)25-23(28)8-11-29-20-4-2-1-3-5-20/h1-7,9-10,18-19,21-22,27H,8,11-16H2,(H,25,28)/t18-,19+,21-,22-/m0/s1. The van der Waals surface area contributed by atoms with Gasteiger partial charge in [0.05, 0.1) is 25.2 Å². The molecule has 0 radical (unpaired) electrons. The number of pyridine rings is 1. The highest BCUT2D eigenvalue weighted by molar-refractivity contribution is 5.76. The summed E-state index contributed by atoms with van der Waals surface area (Å²) in [7, 11) is 0. The van der Waals surface area contributed by atoms with Gasteiger partial charge in [-0.15, -0.1) is 0 Å². The summed E-state index contributed by atoms with van der Waals surface area (Å²) < 4.78 is 5.60. The van der Waals surface area contributed by atoms with E-state index in [0.717, 1.165) is 38.2 Å². The molecule has 2 fully saturated rings. The third kappa shape index (κ3) is 5.34. The third-order valence-electron chi connectivity index (χ3n) is 6.06. The lowest BCUT2D eigenvalue weighted by Gasteiger charge is -2.35. The molecule has 0 spiro atoms. The Labute approximate surface area is 171 Å². The number of carbonyl (C=O) groups is 1. The first kappa shape index (κ1) is 19.9. The molecule has 4 rings (SSSR count). The van der Waals surface area contributed by atoms with Gasteiger partial charge in [-0.3, -0.25) is 14.7 Å². The Morgan fingerprint density at radius 2 is 1.83 bits per heavy atom. The number of benzene rings is 1. The summed E-state index contributed by atoms with van der Waals surface area (Å²) in [4.78, 5) is 18.9. The van der Waals surface area contributed by atoms with Crippen LogP contribution in [0.25, 0.3) is 0 Å². The normalized spacial score (nSPS) is 26.7. The lowest BCUT2D eigenvalue weighted by Crippen LogP contribution is -2.49. The number of aliphatic hydroxyl groups is 1. The summed E-state index contributed by atoms with van der Waals surface area (Å²) in [6.45, 7) is 3.28. The lowest BCUT2D eigenvalue weighted by atomic mass is 9.77. The minimum atomic E-state index is -0.476. The predicted octanol–water partition coefficient (Wildman–Crippen LogP) is 2.24. The van der Waals surface area contributed by atoms with Crippen LogP contribution in [-0.2, 0) is 11.3 Å². The van der Waals surface area contributed by atoms with Crippen LogP contribution in [0.1, 0.15) is 24.8 Å². The second-order valence-corrected chi connectivity index (χ2v) is 8.19. The van der Waals surface area contributed by atoms with Crippen molar-refractivity contribution in [3.63, 3.8) is 0 Å². The van der Waals surface area contributed by atoms with E-state index in [1.54, 1.807) is 0 Å². The number of hydrogen-bond donors (Lipinski definition) is 2. The molecule has 2 N–H and O–H groups in total. The smallest absolute Gasteiger partial charge is 0.223 e. The molecule has 1 saturated carbocycles. The molecule has 4 atom stereocenters. The molecule has 1 aliphatic heterocycles. The molecule has 2 heterocycles. The molecule has 1 aromatic carbocycles. The first-order chi connectivity index (χ1) is 14.2. The van der Waals surface area contributed by atoms with Gasteiger partial charge in [-0.25, -0.2) is 0 Å². The monoisotopic (exact) mass is 395 g/mol. The second kappa shape index (κ2) is 9.37. The molecule has 1 aliphatic carbocycles. The van der Waals surface area contributed by atoms with Crippen molar-refractivity contribution < 1.29 is 14.6 Å². The maximum absolute atomic E-state index is 12.3. The van der Waals surface area contributed by atoms with E-state index in [1.807, 2.05) is 42.7 Å². The zero-order chi connectivity index (χ0) is 20.1. The number of nitrogens with one attached hydrogen (secondary N) is 1. The fourth-order valence-corrected chi connectivity index (χ4v) is 4.62. The minimum absolute atomic E-state index is 0.0601. The maximum Gasteiger partial charge on any atom is 0.223 e. The van der Waals surface area contributed by atoms with Crippen LogP contribution in [0, 0.1) is 11.8 Å². The van der Waals surface area contributed by atoms with Crippen LogP contribution in [0.4, 0.5) is 0 Å². The lowest BCUT2D eigenvalue weighted by molar-refractivity contribution is -0.123. The Hall–Kier alpha value is -2.44. The Morgan fingerprint density at radius 1 is 1.10 bits per heavy atom. The summed E-state index contributed by atoms with van der Waals surface area (Å²) >= 11 is 0. The number of amides is 1. The number of nitrogens with zero attached hydrogens (tertiary/aromatic N) is 2. The number of fused-ring (bicyclic) bond motifs is 1. The Morgan fingerprint density at radius 3 is 2.59 bits per heavy atom. The molecule has 154 valence electrons. The number of aromatic nitrogens is 1. The number of rotatable bonds is 7. The molecule has 0 bridgehead atoms. The van der Waals surface area contributed by atoms with E-state index in [2.05, 4.69) is 27.3 Å². The van der Waals surface area contributed by atoms with E-state index in [9.17, 15) is 9.90 Å². The van der Waals surface area contributed by atoms with Gasteiger partial charge in [0.25, 0.3) is 0 Å². The first-order valence-corrected chi connectivity index (χ1v) is 10.4. The molecule has 1 aromatic heterocycles. The number of carbonyl (C=O) groups excluding carboxylic acids is 1. The van der Waals surface area contributed by atoms with Crippen LogP contribution in [0.2, 0.25) is 0 Å². The molecule has 6 nitrogen and oxygen atoms in total. The fourth-order valence-electron chi connectivity index (χ4n) is 4.62. The van der Waals surface area contributed by atoms with E-state index in [-0.39, 0.29) is 11.9 Å². The van der Waals surface area contributed by atoms with E-state index >= 15 is 0 Å². The van der Waals surface area contributed by atoms with Gasteiger partial charge in [-0.1, -0.05) is 18.2 Å². The number of aliphatic hydroxyl groups excluding tert-OH is 1. The molecule has 0 unspecified atom stereocenters. The van der Waals surface area contributed by atoms with Crippen molar-refractivity contribution in [2.45, 2.75) is 38.0 Å². The first-order valence-electron chi connectivity index (χ1n) is 10.4. The molecular weight excluding hydrogens is 366 g/mol. The highest BCUT2D eigenvalue weighted by atomic mass is 16.5. The van der Waals surface area contributed by atoms with Crippen molar-refractivity contribution >= 4 is 5.91 Å². The molecule has 29 heavy (non-hydrogen) atoms. The van der Waals surface area contributed by atoms with Crippen molar-refractivity contribution in [3.05, 3.63) is 60.4 Å². The molecule has 1 amide bonds. The van der Waals surface area contributed by atoms with Gasteiger partial charge in [0.1, 0.15) is 5.75 Å². The maximum atomic E-state index is 12.3. The molecular formula is C23H29N3O3. The van der Waals surface area contributed by atoms with Gasteiger partial charge >= 0.3 is 0 Å². The average molecular weight is 396 g/mol. The number of likely N-dealkylation sites (tertiary alicyclic amines) is 1. The molecule has 2 aliphatic rings. The van der Waals surface area contributed by atoms with Gasteiger partial charge in [0, 0.05) is 32.0 Å². The Balaban J connectivity index is 1.23. The van der Waals surface area contributed by atoms with E-state index in [4.69, 9.17) is 4.74 Å². The van der Waals surface area contributed by atoms with Crippen molar-refractivity contribution in [2.24, 2.45) is 11.8 Å². The summed E-state index contributed by atoms with van der Waals surface area (Å²) in [6, 6.07) is 13.4. The van der Waals surface area contributed by atoms with Crippen molar-refractivity contribution in [1.82, 2.24) is 15.2 Å². The SMILES string of the molecule is O=C(CCOc1ccccc1)N[C@H]1C[C@H]2CN(Cc3ccncc3)C[C@H]2C[C@@H]1O. The van der Waals surface area contributed by atoms with Crippen LogP contribution < -0.4 is 10.1 Å². The van der Waals surface area contributed by atoms with Crippen LogP contribution in [0.15, 0.2) is 54.9 Å². The Kier molecular flexibility index (Phi) is 6.42. The zero-order valence-electron chi connectivity index (χ0n) is 16.6. The molecule has 1 saturated heterocycles. The van der Waals surface area contributed by atoms with Gasteiger partial charge in [-0.2, -0.15) is 0 Å². The largest absolute Gasteiger partial charge is 0.493 e. The zero-order valence-corrected chi connectivity index (χ0v) is 16.6. The summed E-state index contributed by atoms with van der Waals surface area (Å²) in [5.74, 6) is 1.73. The fraction of sp³-hybridized carbons (Fsp3) is 0.478. The van der Waals surface area contributed by atoms with Gasteiger partial charge < -0.3 is 15.2 Å². The van der Waals surface area contributed by atoms with Gasteiger partial charge in [-0.05, 0) is 54.5 Å².